The lowest BCUT2D eigenvalue weighted by Crippen LogP contribution is -2.39. The summed E-state index contributed by atoms with van der Waals surface area (Å²) >= 11 is 0. The van der Waals surface area contributed by atoms with Gasteiger partial charge in [0.2, 0.25) is 0 Å². The molecule has 8 heteroatoms. The second kappa shape index (κ2) is 6.13. The highest BCUT2D eigenvalue weighted by atomic mass is 19.4. The fraction of sp³-hybridized carbons (Fsp3) is 0.538. The first-order chi connectivity index (χ1) is 9.45. The van der Waals surface area contributed by atoms with Crippen LogP contribution in [0, 0.1) is 0 Å². The molecule has 0 bridgehead atoms. The molecule has 0 aliphatic heterocycles. The maximum Gasteiger partial charge on any atom is 0.416 e. The van der Waals surface area contributed by atoms with Crippen LogP contribution in [-0.4, -0.2) is 18.8 Å². The van der Waals surface area contributed by atoms with Crippen LogP contribution in [0.2, 0.25) is 0 Å². The first-order valence-electron chi connectivity index (χ1n) is 6.19. The Morgan fingerprint density at radius 3 is 2.05 bits per heavy atom. The molecule has 0 spiro atoms. The lowest BCUT2D eigenvalue weighted by Gasteiger charge is -2.30. The maximum atomic E-state index is 12.9. The number of hydrogen-bond donors (Lipinski definition) is 1. The summed E-state index contributed by atoms with van der Waals surface area (Å²) in [5, 5.41) is 0. The molecular formula is C13H16F6N2. The van der Waals surface area contributed by atoms with Gasteiger partial charge in [-0.2, -0.15) is 26.3 Å². The molecule has 1 rings (SSSR count). The predicted molar refractivity (Wildman–Crippen MR) is 67.9 cm³/mol. The van der Waals surface area contributed by atoms with Crippen molar-refractivity contribution >= 4 is 5.69 Å². The Morgan fingerprint density at radius 1 is 1.10 bits per heavy atom. The largest absolute Gasteiger partial charge is 0.416 e. The highest BCUT2D eigenvalue weighted by molar-refractivity contribution is 5.52. The number of hydrogen-bond acceptors (Lipinski definition) is 2. The highest BCUT2D eigenvalue weighted by Gasteiger charge is 2.36. The second-order valence-electron chi connectivity index (χ2n) is 4.88. The van der Waals surface area contributed by atoms with Crippen LogP contribution < -0.4 is 10.6 Å². The average molecular weight is 314 g/mol. The van der Waals surface area contributed by atoms with E-state index >= 15 is 0 Å². The lowest BCUT2D eigenvalue weighted by atomic mass is 10.0. The van der Waals surface area contributed by atoms with Gasteiger partial charge >= 0.3 is 12.4 Å². The molecule has 0 radical (unpaired) electrons. The molecule has 2 N–H and O–H groups in total. The summed E-state index contributed by atoms with van der Waals surface area (Å²) in [5.41, 5.74) is 3.95. The van der Waals surface area contributed by atoms with E-state index in [0.29, 0.717) is 6.07 Å². The summed E-state index contributed by atoms with van der Waals surface area (Å²) in [7, 11) is 0. The van der Waals surface area contributed by atoms with Crippen molar-refractivity contribution in [3.63, 3.8) is 0 Å². The first kappa shape index (κ1) is 17.6. The van der Waals surface area contributed by atoms with Gasteiger partial charge in [-0.15, -0.1) is 0 Å². The predicted octanol–water partition coefficient (Wildman–Crippen LogP) is 3.94. The van der Waals surface area contributed by atoms with Crippen LogP contribution in [0.25, 0.3) is 0 Å². The van der Waals surface area contributed by atoms with Gasteiger partial charge in [-0.05, 0) is 31.5 Å². The molecule has 0 unspecified atom stereocenters. The van der Waals surface area contributed by atoms with Crippen molar-refractivity contribution in [3.05, 3.63) is 29.3 Å². The Labute approximate surface area is 118 Å². The van der Waals surface area contributed by atoms with Crippen molar-refractivity contribution in [2.24, 2.45) is 5.73 Å². The zero-order valence-corrected chi connectivity index (χ0v) is 11.5. The van der Waals surface area contributed by atoms with Crippen LogP contribution in [0.1, 0.15) is 25.0 Å². The molecule has 0 heterocycles. The molecule has 120 valence electrons. The number of anilines is 1. The van der Waals surface area contributed by atoms with Crippen LogP contribution >= 0.6 is 0 Å². The molecule has 0 aromatic heterocycles. The number of halogens is 6. The topological polar surface area (TPSA) is 29.3 Å². The van der Waals surface area contributed by atoms with Crippen molar-refractivity contribution in [2.45, 2.75) is 38.8 Å². The van der Waals surface area contributed by atoms with E-state index in [1.807, 2.05) is 0 Å². The Kier molecular flexibility index (Phi) is 5.14. The molecule has 21 heavy (non-hydrogen) atoms. The van der Waals surface area contributed by atoms with Crippen LogP contribution in [0.4, 0.5) is 32.0 Å². The van der Waals surface area contributed by atoms with Crippen LogP contribution in [0.3, 0.4) is 0 Å². The Bertz CT molecular complexity index is 479. The standard InChI is InChI=1S/C13H16F6N2/c1-8(2)21(7-12(14,15)16)10-4-3-9(6-20)11(5-10)13(17,18)19/h3-5,8H,6-7,20H2,1-2H3. The summed E-state index contributed by atoms with van der Waals surface area (Å²) in [6.45, 7) is 1.31. The van der Waals surface area contributed by atoms with Gasteiger partial charge in [0.15, 0.2) is 0 Å². The third kappa shape index (κ3) is 4.80. The number of nitrogens with two attached hydrogens (primary N) is 1. The van der Waals surface area contributed by atoms with Gasteiger partial charge in [0, 0.05) is 18.3 Å². The SMILES string of the molecule is CC(C)N(CC(F)(F)F)c1ccc(CN)c(C(F)(F)F)c1. The monoisotopic (exact) mass is 314 g/mol. The molecule has 2 nitrogen and oxygen atoms in total. The quantitative estimate of drug-likeness (QED) is 0.853. The van der Waals surface area contributed by atoms with Gasteiger partial charge in [0.05, 0.1) is 5.56 Å². The van der Waals surface area contributed by atoms with E-state index in [1.54, 1.807) is 0 Å². The molecule has 0 aliphatic carbocycles. The van der Waals surface area contributed by atoms with Crippen molar-refractivity contribution in [2.75, 3.05) is 11.4 Å². The van der Waals surface area contributed by atoms with Crippen LogP contribution in [0.15, 0.2) is 18.2 Å². The average Bonchev–Trinajstić information content (AvgIpc) is 2.33. The van der Waals surface area contributed by atoms with Gasteiger partial charge in [-0.3, -0.25) is 0 Å². The minimum Gasteiger partial charge on any atom is -0.360 e. The Morgan fingerprint density at radius 2 is 1.67 bits per heavy atom. The zero-order valence-electron chi connectivity index (χ0n) is 11.5. The first-order valence-corrected chi connectivity index (χ1v) is 6.19. The summed E-state index contributed by atoms with van der Waals surface area (Å²) < 4.78 is 76.4. The molecule has 0 atom stereocenters. The summed E-state index contributed by atoms with van der Waals surface area (Å²) in [4.78, 5) is 0.871. The van der Waals surface area contributed by atoms with Crippen LogP contribution in [0.5, 0.6) is 0 Å². The van der Waals surface area contributed by atoms with E-state index in [0.717, 1.165) is 11.0 Å². The van der Waals surface area contributed by atoms with E-state index in [4.69, 9.17) is 5.73 Å². The van der Waals surface area contributed by atoms with Gasteiger partial charge in [-0.25, -0.2) is 0 Å². The fourth-order valence-electron chi connectivity index (χ4n) is 1.95. The number of benzene rings is 1. The smallest absolute Gasteiger partial charge is 0.360 e. The molecule has 1 aromatic carbocycles. The number of alkyl halides is 6. The molecular weight excluding hydrogens is 298 g/mol. The van der Waals surface area contributed by atoms with E-state index in [-0.39, 0.29) is 17.8 Å². The van der Waals surface area contributed by atoms with Crippen molar-refractivity contribution in [1.82, 2.24) is 0 Å². The fourth-order valence-corrected chi connectivity index (χ4v) is 1.95. The normalized spacial score (nSPS) is 12.9. The lowest BCUT2D eigenvalue weighted by molar-refractivity contribution is -0.138. The number of nitrogens with zero attached hydrogens (tertiary/aromatic N) is 1. The summed E-state index contributed by atoms with van der Waals surface area (Å²) in [6, 6.07) is 2.46. The minimum atomic E-state index is -4.66. The second-order valence-corrected chi connectivity index (χ2v) is 4.88. The highest BCUT2D eigenvalue weighted by Crippen LogP contribution is 2.35. The van der Waals surface area contributed by atoms with Crippen LogP contribution in [-0.2, 0) is 12.7 Å². The van der Waals surface area contributed by atoms with E-state index in [2.05, 4.69) is 0 Å². The molecule has 0 fully saturated rings. The van der Waals surface area contributed by atoms with E-state index < -0.39 is 30.5 Å². The molecule has 1 aromatic rings. The Hall–Kier alpha value is -1.44. The van der Waals surface area contributed by atoms with E-state index in [1.165, 1.54) is 19.9 Å². The molecule has 0 saturated carbocycles. The molecule has 0 saturated heterocycles. The van der Waals surface area contributed by atoms with Gasteiger partial charge < -0.3 is 10.6 Å². The van der Waals surface area contributed by atoms with E-state index in [9.17, 15) is 26.3 Å². The molecule has 0 aliphatic rings. The van der Waals surface area contributed by atoms with Crippen molar-refractivity contribution in [1.29, 1.82) is 0 Å². The minimum absolute atomic E-state index is 0.133. The van der Waals surface area contributed by atoms with Crippen molar-refractivity contribution < 1.29 is 26.3 Å². The summed E-state index contributed by atoms with van der Waals surface area (Å²) in [6.07, 6.45) is -9.17. The van der Waals surface area contributed by atoms with Gasteiger partial charge in [0.1, 0.15) is 6.54 Å². The molecule has 0 amide bonds. The summed E-state index contributed by atoms with van der Waals surface area (Å²) in [5.74, 6) is 0. The Balaban J connectivity index is 3.28. The van der Waals surface area contributed by atoms with Gasteiger partial charge in [0.25, 0.3) is 0 Å². The maximum absolute atomic E-state index is 12.9. The third-order valence-electron chi connectivity index (χ3n) is 2.92. The van der Waals surface area contributed by atoms with Gasteiger partial charge in [-0.1, -0.05) is 6.07 Å². The number of rotatable bonds is 4. The zero-order chi connectivity index (χ0) is 16.4. The van der Waals surface area contributed by atoms with Crippen molar-refractivity contribution in [3.8, 4) is 0 Å². The third-order valence-corrected chi connectivity index (χ3v) is 2.92.